The first-order valence-corrected chi connectivity index (χ1v) is 11.2. The second-order valence-corrected chi connectivity index (χ2v) is 7.19. The second kappa shape index (κ2) is 21.7. The number of hydrogen-bond acceptors (Lipinski definition) is 2. The van der Waals surface area contributed by atoms with Crippen LogP contribution in [0, 0.1) is 0 Å². The molecule has 25 heavy (non-hydrogen) atoms. The van der Waals surface area contributed by atoms with Gasteiger partial charge < -0.3 is 9.47 Å². The van der Waals surface area contributed by atoms with E-state index >= 15 is 0 Å². The number of allylic oxidation sites excluding steroid dienone is 2. The third-order valence-electron chi connectivity index (χ3n) is 4.54. The fourth-order valence-electron chi connectivity index (χ4n) is 2.85. The van der Waals surface area contributed by atoms with E-state index in [0.717, 1.165) is 19.6 Å². The van der Waals surface area contributed by atoms with Gasteiger partial charge in [-0.1, -0.05) is 84.3 Å². The molecule has 0 aromatic heterocycles. The number of ether oxygens (including phenoxy) is 2. The zero-order valence-electron chi connectivity index (χ0n) is 17.6. The average Bonchev–Trinajstić information content (AvgIpc) is 2.62. The fraction of sp³-hybridized carbons (Fsp3) is 0.913. The van der Waals surface area contributed by atoms with Gasteiger partial charge in [-0.2, -0.15) is 0 Å². The highest BCUT2D eigenvalue weighted by molar-refractivity contribution is 4.80. The molecule has 0 aliphatic heterocycles. The van der Waals surface area contributed by atoms with Crippen LogP contribution in [0.3, 0.4) is 0 Å². The van der Waals surface area contributed by atoms with Gasteiger partial charge in [0.25, 0.3) is 0 Å². The van der Waals surface area contributed by atoms with E-state index in [-0.39, 0.29) is 6.29 Å². The highest BCUT2D eigenvalue weighted by atomic mass is 16.7. The molecule has 0 aromatic rings. The van der Waals surface area contributed by atoms with Crippen molar-refractivity contribution in [3.8, 4) is 0 Å². The van der Waals surface area contributed by atoms with E-state index in [4.69, 9.17) is 9.47 Å². The first-order valence-electron chi connectivity index (χ1n) is 11.2. The maximum atomic E-state index is 6.02. The standard InChI is InChI=1S/C23H46O2/c1-4-7-10-13-14-15-16-17-20-23(24-21-18-11-8-5-2)25-22-19-12-9-6-3/h10,13,23H,4-9,11-12,14-22H2,1-3H3/b13-10-. The van der Waals surface area contributed by atoms with E-state index in [2.05, 4.69) is 32.9 Å². The predicted octanol–water partition coefficient (Wildman–Crippen LogP) is 7.81. The SMILES string of the molecule is CCC/C=C\CCCCCC(OCCCCCC)OCCCCCC. The summed E-state index contributed by atoms with van der Waals surface area (Å²) in [6.07, 6.45) is 23.3. The van der Waals surface area contributed by atoms with Gasteiger partial charge in [-0.25, -0.2) is 0 Å². The summed E-state index contributed by atoms with van der Waals surface area (Å²) >= 11 is 0. The van der Waals surface area contributed by atoms with Gasteiger partial charge in [0.2, 0.25) is 0 Å². The lowest BCUT2D eigenvalue weighted by Crippen LogP contribution is -2.19. The van der Waals surface area contributed by atoms with Crippen LogP contribution in [-0.4, -0.2) is 19.5 Å². The molecule has 0 fully saturated rings. The van der Waals surface area contributed by atoms with E-state index in [1.54, 1.807) is 0 Å². The number of unbranched alkanes of at least 4 members (excludes halogenated alkanes) is 10. The first kappa shape index (κ1) is 24.7. The van der Waals surface area contributed by atoms with Crippen LogP contribution in [0.2, 0.25) is 0 Å². The fourth-order valence-corrected chi connectivity index (χ4v) is 2.85. The normalized spacial score (nSPS) is 11.8. The van der Waals surface area contributed by atoms with Crippen LogP contribution in [0.15, 0.2) is 12.2 Å². The molecule has 0 N–H and O–H groups in total. The minimum atomic E-state index is 0.0267. The Morgan fingerprint density at radius 2 is 1.12 bits per heavy atom. The Morgan fingerprint density at radius 3 is 1.68 bits per heavy atom. The maximum absolute atomic E-state index is 6.02. The highest BCUT2D eigenvalue weighted by Gasteiger charge is 2.09. The third-order valence-corrected chi connectivity index (χ3v) is 4.54. The van der Waals surface area contributed by atoms with Crippen molar-refractivity contribution in [2.75, 3.05) is 13.2 Å². The summed E-state index contributed by atoms with van der Waals surface area (Å²) in [6.45, 7) is 8.45. The molecule has 0 radical (unpaired) electrons. The summed E-state index contributed by atoms with van der Waals surface area (Å²) in [5.74, 6) is 0. The van der Waals surface area contributed by atoms with Gasteiger partial charge in [0, 0.05) is 13.2 Å². The number of rotatable bonds is 20. The van der Waals surface area contributed by atoms with Crippen molar-refractivity contribution in [2.45, 2.75) is 123 Å². The van der Waals surface area contributed by atoms with Crippen LogP contribution in [-0.2, 0) is 9.47 Å². The lowest BCUT2D eigenvalue weighted by atomic mass is 10.1. The lowest BCUT2D eigenvalue weighted by Gasteiger charge is -2.19. The van der Waals surface area contributed by atoms with Gasteiger partial charge in [-0.05, 0) is 44.9 Å². The molecular formula is C23H46O2. The minimum Gasteiger partial charge on any atom is -0.353 e. The lowest BCUT2D eigenvalue weighted by molar-refractivity contribution is -0.148. The van der Waals surface area contributed by atoms with Crippen LogP contribution in [0.5, 0.6) is 0 Å². The van der Waals surface area contributed by atoms with E-state index in [1.165, 1.54) is 89.9 Å². The van der Waals surface area contributed by atoms with Crippen molar-refractivity contribution in [3.63, 3.8) is 0 Å². The summed E-state index contributed by atoms with van der Waals surface area (Å²) < 4.78 is 12.0. The monoisotopic (exact) mass is 354 g/mol. The Morgan fingerprint density at radius 1 is 0.560 bits per heavy atom. The van der Waals surface area contributed by atoms with Crippen molar-refractivity contribution in [3.05, 3.63) is 12.2 Å². The largest absolute Gasteiger partial charge is 0.353 e. The molecule has 2 nitrogen and oxygen atoms in total. The van der Waals surface area contributed by atoms with Gasteiger partial charge in [-0.15, -0.1) is 0 Å². The summed E-state index contributed by atoms with van der Waals surface area (Å²) in [4.78, 5) is 0. The Hall–Kier alpha value is -0.340. The molecular weight excluding hydrogens is 308 g/mol. The first-order chi connectivity index (χ1) is 12.3. The Bertz CT molecular complexity index is 249. The topological polar surface area (TPSA) is 18.5 Å². The molecule has 0 bridgehead atoms. The van der Waals surface area contributed by atoms with Gasteiger partial charge in [0.1, 0.15) is 0 Å². The molecule has 0 rings (SSSR count). The summed E-state index contributed by atoms with van der Waals surface area (Å²) in [5, 5.41) is 0. The minimum absolute atomic E-state index is 0.0267. The quantitative estimate of drug-likeness (QED) is 0.126. The van der Waals surface area contributed by atoms with Crippen molar-refractivity contribution >= 4 is 0 Å². The molecule has 0 atom stereocenters. The van der Waals surface area contributed by atoms with E-state index in [9.17, 15) is 0 Å². The van der Waals surface area contributed by atoms with Crippen molar-refractivity contribution in [2.24, 2.45) is 0 Å². The van der Waals surface area contributed by atoms with E-state index in [1.807, 2.05) is 0 Å². The van der Waals surface area contributed by atoms with E-state index < -0.39 is 0 Å². The summed E-state index contributed by atoms with van der Waals surface area (Å²) in [5.41, 5.74) is 0. The van der Waals surface area contributed by atoms with Gasteiger partial charge >= 0.3 is 0 Å². The molecule has 0 saturated carbocycles. The molecule has 2 heteroatoms. The van der Waals surface area contributed by atoms with Gasteiger partial charge in [0.05, 0.1) is 0 Å². The molecule has 0 aliphatic rings. The van der Waals surface area contributed by atoms with Crippen LogP contribution >= 0.6 is 0 Å². The van der Waals surface area contributed by atoms with Gasteiger partial charge in [0.15, 0.2) is 6.29 Å². The average molecular weight is 355 g/mol. The van der Waals surface area contributed by atoms with Crippen LogP contribution in [0.25, 0.3) is 0 Å². The van der Waals surface area contributed by atoms with Gasteiger partial charge in [-0.3, -0.25) is 0 Å². The Balaban J connectivity index is 3.78. The molecule has 0 aliphatic carbocycles. The van der Waals surface area contributed by atoms with Crippen LogP contribution < -0.4 is 0 Å². The smallest absolute Gasteiger partial charge is 0.157 e. The molecule has 0 amide bonds. The summed E-state index contributed by atoms with van der Waals surface area (Å²) in [7, 11) is 0. The zero-order chi connectivity index (χ0) is 18.4. The number of hydrogen-bond donors (Lipinski definition) is 0. The molecule has 0 heterocycles. The molecule has 150 valence electrons. The molecule has 0 saturated heterocycles. The molecule has 0 spiro atoms. The zero-order valence-corrected chi connectivity index (χ0v) is 17.6. The van der Waals surface area contributed by atoms with Crippen molar-refractivity contribution < 1.29 is 9.47 Å². The molecule has 0 aromatic carbocycles. The van der Waals surface area contributed by atoms with Crippen molar-refractivity contribution in [1.82, 2.24) is 0 Å². The van der Waals surface area contributed by atoms with Crippen LogP contribution in [0.4, 0.5) is 0 Å². The predicted molar refractivity (Wildman–Crippen MR) is 111 cm³/mol. The highest BCUT2D eigenvalue weighted by Crippen LogP contribution is 2.12. The Kier molecular flexibility index (Phi) is 21.4. The molecule has 0 unspecified atom stereocenters. The van der Waals surface area contributed by atoms with Crippen LogP contribution in [0.1, 0.15) is 117 Å². The Labute approximate surface area is 158 Å². The second-order valence-electron chi connectivity index (χ2n) is 7.19. The summed E-state index contributed by atoms with van der Waals surface area (Å²) in [6, 6.07) is 0. The maximum Gasteiger partial charge on any atom is 0.157 e. The third kappa shape index (κ3) is 19.8. The van der Waals surface area contributed by atoms with Crippen molar-refractivity contribution in [1.29, 1.82) is 0 Å². The van der Waals surface area contributed by atoms with E-state index in [0.29, 0.717) is 0 Å².